The quantitative estimate of drug-likeness (QED) is 0.437. The zero-order valence-corrected chi connectivity index (χ0v) is 17.8. The lowest BCUT2D eigenvalue weighted by atomic mass is 9.86. The highest BCUT2D eigenvalue weighted by Gasteiger charge is 2.43. The van der Waals surface area contributed by atoms with Gasteiger partial charge in [0.2, 0.25) is 0 Å². The predicted octanol–water partition coefficient (Wildman–Crippen LogP) is 3.10. The maximum atomic E-state index is 6.50. The molecule has 1 atom stereocenters. The molecule has 2 fully saturated rings. The van der Waals surface area contributed by atoms with Gasteiger partial charge in [0.05, 0.1) is 19.3 Å². The van der Waals surface area contributed by atoms with Crippen LogP contribution in [0.1, 0.15) is 57.1 Å². The van der Waals surface area contributed by atoms with Crippen LogP contribution >= 0.6 is 0 Å². The smallest absolute Gasteiger partial charge is 0.191 e. The molecule has 1 saturated carbocycles. The van der Waals surface area contributed by atoms with E-state index in [1.807, 2.05) is 0 Å². The number of benzene rings is 1. The summed E-state index contributed by atoms with van der Waals surface area (Å²) >= 11 is 0. The van der Waals surface area contributed by atoms with Crippen LogP contribution in [0, 0.1) is 0 Å². The van der Waals surface area contributed by atoms with Crippen LogP contribution in [-0.2, 0) is 4.74 Å². The second-order valence-corrected chi connectivity index (χ2v) is 8.50. The van der Waals surface area contributed by atoms with Crippen LogP contribution in [0.4, 0.5) is 0 Å². The van der Waals surface area contributed by atoms with Crippen LogP contribution in [-0.4, -0.2) is 62.4 Å². The Morgan fingerprint density at radius 1 is 1.21 bits per heavy atom. The molecule has 3 aliphatic rings. The average Bonchev–Trinajstić information content (AvgIpc) is 3.19. The van der Waals surface area contributed by atoms with E-state index in [2.05, 4.69) is 46.7 Å². The highest BCUT2D eigenvalue weighted by atomic mass is 16.5. The van der Waals surface area contributed by atoms with E-state index in [1.54, 1.807) is 0 Å². The highest BCUT2D eigenvalue weighted by Crippen LogP contribution is 2.46. The van der Waals surface area contributed by atoms with Crippen molar-refractivity contribution in [1.29, 1.82) is 0 Å². The molecule has 6 nitrogen and oxygen atoms in total. The second kappa shape index (κ2) is 9.81. The molecule has 160 valence electrons. The summed E-state index contributed by atoms with van der Waals surface area (Å²) in [6.45, 7) is 8.73. The fourth-order valence-corrected chi connectivity index (χ4v) is 4.87. The maximum absolute atomic E-state index is 6.50. The molecule has 1 aromatic carbocycles. The van der Waals surface area contributed by atoms with Gasteiger partial charge in [-0.3, -0.25) is 9.89 Å². The summed E-state index contributed by atoms with van der Waals surface area (Å²) in [5.74, 6) is 1.96. The van der Waals surface area contributed by atoms with Crippen LogP contribution in [0.2, 0.25) is 0 Å². The van der Waals surface area contributed by atoms with E-state index >= 15 is 0 Å². The van der Waals surface area contributed by atoms with Crippen LogP contribution in [0.25, 0.3) is 0 Å². The Labute approximate surface area is 175 Å². The highest BCUT2D eigenvalue weighted by molar-refractivity contribution is 5.80. The lowest BCUT2D eigenvalue weighted by molar-refractivity contribution is 0.0376. The molecule has 4 rings (SSSR count). The minimum atomic E-state index is -0.000320. The van der Waals surface area contributed by atoms with E-state index in [-0.39, 0.29) is 11.6 Å². The number of ether oxygens (including phenoxy) is 2. The van der Waals surface area contributed by atoms with Gasteiger partial charge < -0.3 is 20.1 Å². The Morgan fingerprint density at radius 2 is 2.00 bits per heavy atom. The zero-order valence-electron chi connectivity index (χ0n) is 17.8. The molecule has 0 amide bonds. The number of hydrogen-bond donors (Lipinski definition) is 2. The first kappa shape index (κ1) is 20.5. The molecule has 0 aromatic heterocycles. The molecule has 6 heteroatoms. The van der Waals surface area contributed by atoms with Crippen molar-refractivity contribution in [2.75, 3.05) is 45.9 Å². The lowest BCUT2D eigenvalue weighted by Gasteiger charge is -2.40. The van der Waals surface area contributed by atoms with Crippen LogP contribution in [0.3, 0.4) is 0 Å². The van der Waals surface area contributed by atoms with Gasteiger partial charge in [0.25, 0.3) is 0 Å². The first-order valence-electron chi connectivity index (χ1n) is 11.4. The molecular weight excluding hydrogens is 364 g/mol. The average molecular weight is 401 g/mol. The van der Waals surface area contributed by atoms with Gasteiger partial charge in [0.1, 0.15) is 11.4 Å². The minimum absolute atomic E-state index is 0.000320. The standard InChI is InChI=1S/C23H36N4O2/c1-2-24-22(25-12-7-13-27-14-16-28-17-15-27)26-20-18-23(10-5-6-11-23)29-21-9-4-3-8-19(20)21/h3-4,8-9,20H,2,5-7,10-18H2,1H3,(H2,24,25,26). The third kappa shape index (κ3) is 5.23. The largest absolute Gasteiger partial charge is 0.487 e. The normalized spacial score (nSPS) is 24.2. The van der Waals surface area contributed by atoms with Gasteiger partial charge in [0, 0.05) is 44.7 Å². The number of aliphatic imine (C=N–C) groups is 1. The summed E-state index contributed by atoms with van der Waals surface area (Å²) in [4.78, 5) is 7.35. The number of nitrogens with zero attached hydrogens (tertiary/aromatic N) is 2. The van der Waals surface area contributed by atoms with E-state index in [9.17, 15) is 0 Å². The second-order valence-electron chi connectivity index (χ2n) is 8.50. The zero-order chi connectivity index (χ0) is 19.9. The fraction of sp³-hybridized carbons (Fsp3) is 0.696. The number of guanidine groups is 1. The molecule has 0 bridgehead atoms. The summed E-state index contributed by atoms with van der Waals surface area (Å²) in [7, 11) is 0. The Morgan fingerprint density at radius 3 is 2.79 bits per heavy atom. The minimum Gasteiger partial charge on any atom is -0.487 e. The monoisotopic (exact) mass is 400 g/mol. The third-order valence-electron chi connectivity index (χ3n) is 6.37. The molecular formula is C23H36N4O2. The third-order valence-corrected chi connectivity index (χ3v) is 6.37. The van der Waals surface area contributed by atoms with Crippen LogP contribution in [0.15, 0.2) is 29.3 Å². The lowest BCUT2D eigenvalue weighted by Crippen LogP contribution is -2.46. The summed E-state index contributed by atoms with van der Waals surface area (Å²) in [5.41, 5.74) is 1.25. The summed E-state index contributed by atoms with van der Waals surface area (Å²) in [6.07, 6.45) is 6.95. The van der Waals surface area contributed by atoms with Gasteiger partial charge in [-0.15, -0.1) is 0 Å². The van der Waals surface area contributed by atoms with E-state index in [4.69, 9.17) is 14.5 Å². The van der Waals surface area contributed by atoms with Gasteiger partial charge in [-0.2, -0.15) is 0 Å². The van der Waals surface area contributed by atoms with Crippen LogP contribution in [0.5, 0.6) is 5.75 Å². The number of fused-ring (bicyclic) bond motifs is 1. The Kier molecular flexibility index (Phi) is 6.93. The van der Waals surface area contributed by atoms with Gasteiger partial charge in [0.15, 0.2) is 5.96 Å². The summed E-state index contributed by atoms with van der Waals surface area (Å²) < 4.78 is 11.9. The van der Waals surface area contributed by atoms with Gasteiger partial charge in [-0.1, -0.05) is 18.2 Å². The van der Waals surface area contributed by atoms with Crippen molar-refractivity contribution in [3.05, 3.63) is 29.8 Å². The summed E-state index contributed by atoms with van der Waals surface area (Å²) in [5, 5.41) is 7.17. The van der Waals surface area contributed by atoms with Crippen molar-refractivity contribution >= 4 is 5.96 Å². The van der Waals surface area contributed by atoms with Crippen molar-refractivity contribution in [1.82, 2.24) is 15.5 Å². The first-order chi connectivity index (χ1) is 14.3. The Hall–Kier alpha value is -1.79. The number of rotatable bonds is 6. The van der Waals surface area contributed by atoms with Crippen molar-refractivity contribution in [3.8, 4) is 5.75 Å². The molecule has 1 spiro atoms. The van der Waals surface area contributed by atoms with Gasteiger partial charge in [-0.25, -0.2) is 0 Å². The molecule has 1 saturated heterocycles. The van der Waals surface area contributed by atoms with E-state index in [0.29, 0.717) is 0 Å². The number of hydrogen-bond acceptors (Lipinski definition) is 4. The number of morpholine rings is 1. The molecule has 29 heavy (non-hydrogen) atoms. The molecule has 0 radical (unpaired) electrons. The molecule has 2 N–H and O–H groups in total. The molecule has 1 aliphatic carbocycles. The number of para-hydroxylation sites is 1. The predicted molar refractivity (Wildman–Crippen MR) is 117 cm³/mol. The fourth-order valence-electron chi connectivity index (χ4n) is 4.87. The SMILES string of the molecule is CCNC(=NCCCN1CCOCC1)NC1CC2(CCCC2)Oc2ccccc21. The topological polar surface area (TPSA) is 58.1 Å². The van der Waals surface area contributed by atoms with E-state index in [1.165, 1.54) is 18.4 Å². The first-order valence-corrected chi connectivity index (χ1v) is 11.4. The maximum Gasteiger partial charge on any atom is 0.191 e. The van der Waals surface area contributed by atoms with Crippen molar-refractivity contribution in [3.63, 3.8) is 0 Å². The Bertz CT molecular complexity index is 681. The van der Waals surface area contributed by atoms with Crippen molar-refractivity contribution in [2.45, 2.75) is 57.1 Å². The molecule has 1 unspecified atom stereocenters. The summed E-state index contributed by atoms with van der Waals surface area (Å²) in [6, 6.07) is 8.74. The Balaban J connectivity index is 1.39. The molecule has 2 aliphatic heterocycles. The van der Waals surface area contributed by atoms with Crippen LogP contribution < -0.4 is 15.4 Å². The molecule has 1 aromatic rings. The molecule has 2 heterocycles. The van der Waals surface area contributed by atoms with Crippen molar-refractivity contribution in [2.24, 2.45) is 4.99 Å². The van der Waals surface area contributed by atoms with E-state index < -0.39 is 0 Å². The van der Waals surface area contributed by atoms with Gasteiger partial charge >= 0.3 is 0 Å². The van der Waals surface area contributed by atoms with E-state index in [0.717, 1.165) is 83.3 Å². The van der Waals surface area contributed by atoms with Gasteiger partial charge in [-0.05, 0) is 45.1 Å². The number of nitrogens with one attached hydrogen (secondary N) is 2. The van der Waals surface area contributed by atoms with Crippen molar-refractivity contribution < 1.29 is 9.47 Å².